The minimum absolute atomic E-state index is 0.0455. The first-order chi connectivity index (χ1) is 13.9. The number of piperazine rings is 1. The lowest BCUT2D eigenvalue weighted by Gasteiger charge is -2.55. The average Bonchev–Trinajstić information content (AvgIpc) is 3.15. The van der Waals surface area contributed by atoms with Crippen molar-refractivity contribution < 1.29 is 13.2 Å². The number of nitrogens with zero attached hydrogens (tertiary/aromatic N) is 6. The molecular weight excluding hydrogens is 392 g/mol. The molecule has 6 rings (SSSR count). The van der Waals surface area contributed by atoms with Gasteiger partial charge in [-0.05, 0) is 56.7 Å². The third kappa shape index (κ3) is 3.12. The molecule has 2 bridgehead atoms. The van der Waals surface area contributed by atoms with Gasteiger partial charge in [-0.25, -0.2) is 8.42 Å². The first-order valence-corrected chi connectivity index (χ1v) is 11.1. The summed E-state index contributed by atoms with van der Waals surface area (Å²) in [5.41, 5.74) is 0.685. The molecule has 0 radical (unpaired) electrons. The monoisotopic (exact) mass is 414 g/mol. The highest BCUT2D eigenvalue weighted by molar-refractivity contribution is 7.89. The van der Waals surface area contributed by atoms with E-state index in [0.717, 1.165) is 12.2 Å². The molecule has 0 amide bonds. The molecule has 10 heteroatoms. The van der Waals surface area contributed by atoms with Crippen molar-refractivity contribution in [3.63, 3.8) is 0 Å². The number of fused-ring (bicyclic) bond motifs is 3. The Balaban J connectivity index is 1.33. The van der Waals surface area contributed by atoms with E-state index in [1.54, 1.807) is 39.4 Å². The van der Waals surface area contributed by atoms with Crippen LogP contribution < -0.4 is 9.64 Å². The molecule has 3 saturated heterocycles. The molecule has 3 aromatic rings. The summed E-state index contributed by atoms with van der Waals surface area (Å²) >= 11 is 0. The van der Waals surface area contributed by atoms with Crippen LogP contribution in [0, 0.1) is 0 Å². The summed E-state index contributed by atoms with van der Waals surface area (Å²) in [6.45, 7) is 5.11. The van der Waals surface area contributed by atoms with Crippen molar-refractivity contribution in [3.05, 3.63) is 42.7 Å². The van der Waals surface area contributed by atoms with Gasteiger partial charge in [0.05, 0.1) is 11.0 Å². The Morgan fingerprint density at radius 1 is 1.07 bits per heavy atom. The topological polar surface area (TPSA) is 92.9 Å². The fraction of sp³-hybridized carbons (Fsp3) is 0.421. The van der Waals surface area contributed by atoms with Crippen molar-refractivity contribution in [3.8, 4) is 5.75 Å². The van der Waals surface area contributed by atoms with Crippen LogP contribution in [0.15, 0.2) is 47.6 Å². The zero-order valence-corrected chi connectivity index (χ0v) is 17.0. The summed E-state index contributed by atoms with van der Waals surface area (Å²) in [6.07, 6.45) is 2.48. The van der Waals surface area contributed by atoms with Gasteiger partial charge < -0.3 is 9.64 Å². The molecule has 0 saturated carbocycles. The standard InChI is InChI=1S/C19H22N6O3S/c1-13(2)28-16-3-5-17(6-4-16)29(26,27)25-14-9-15(25)11-23(10-14)19-8-7-18-21-20-12-24(18)22-19/h3-8,12-15H,9-11H2,1-2H3. The second-order valence-corrected chi connectivity index (χ2v) is 9.59. The Kier molecular flexibility index (Phi) is 4.21. The third-order valence-electron chi connectivity index (χ3n) is 5.37. The van der Waals surface area contributed by atoms with Crippen LogP contribution in [0.3, 0.4) is 0 Å². The average molecular weight is 414 g/mol. The fourth-order valence-corrected chi connectivity index (χ4v) is 5.94. The van der Waals surface area contributed by atoms with Crippen molar-refractivity contribution in [2.45, 2.75) is 43.4 Å². The molecule has 3 aliphatic heterocycles. The quantitative estimate of drug-likeness (QED) is 0.625. The predicted molar refractivity (Wildman–Crippen MR) is 106 cm³/mol. The summed E-state index contributed by atoms with van der Waals surface area (Å²) in [7, 11) is -3.53. The number of aromatic nitrogens is 4. The Hall–Kier alpha value is -2.72. The molecule has 0 N–H and O–H groups in total. The van der Waals surface area contributed by atoms with E-state index in [1.807, 2.05) is 26.0 Å². The molecule has 1 aromatic carbocycles. The number of hydrogen-bond donors (Lipinski definition) is 0. The van der Waals surface area contributed by atoms with E-state index >= 15 is 0 Å². The van der Waals surface area contributed by atoms with Crippen molar-refractivity contribution in [2.75, 3.05) is 18.0 Å². The van der Waals surface area contributed by atoms with Crippen molar-refractivity contribution in [1.29, 1.82) is 0 Å². The van der Waals surface area contributed by atoms with Crippen LogP contribution in [0.2, 0.25) is 0 Å². The Bertz CT molecular complexity index is 1130. The van der Waals surface area contributed by atoms with Crippen LogP contribution in [-0.4, -0.2) is 63.8 Å². The van der Waals surface area contributed by atoms with Gasteiger partial charge in [0.2, 0.25) is 10.0 Å². The molecule has 3 aliphatic rings. The highest BCUT2D eigenvalue weighted by atomic mass is 32.2. The molecule has 152 valence electrons. The number of anilines is 1. The Morgan fingerprint density at radius 2 is 1.79 bits per heavy atom. The van der Waals surface area contributed by atoms with Gasteiger partial charge in [0.15, 0.2) is 5.65 Å². The number of hydrogen-bond acceptors (Lipinski definition) is 7. The predicted octanol–water partition coefficient (Wildman–Crippen LogP) is 1.56. The van der Waals surface area contributed by atoms with E-state index in [2.05, 4.69) is 20.2 Å². The lowest BCUT2D eigenvalue weighted by atomic mass is 9.91. The number of ether oxygens (including phenoxy) is 1. The number of piperidine rings is 1. The van der Waals surface area contributed by atoms with Crippen molar-refractivity contribution in [2.24, 2.45) is 0 Å². The van der Waals surface area contributed by atoms with Gasteiger partial charge in [0, 0.05) is 25.2 Å². The van der Waals surface area contributed by atoms with Gasteiger partial charge >= 0.3 is 0 Å². The molecular formula is C19H22N6O3S. The molecule has 3 fully saturated rings. The summed E-state index contributed by atoms with van der Waals surface area (Å²) in [6, 6.07) is 10.3. The molecule has 0 spiro atoms. The van der Waals surface area contributed by atoms with Crippen molar-refractivity contribution in [1.82, 2.24) is 24.1 Å². The van der Waals surface area contributed by atoms with Crippen LogP contribution in [-0.2, 0) is 10.0 Å². The maximum absolute atomic E-state index is 13.2. The number of rotatable bonds is 5. The van der Waals surface area contributed by atoms with Gasteiger partial charge in [-0.1, -0.05) is 0 Å². The van der Waals surface area contributed by atoms with Crippen LogP contribution >= 0.6 is 0 Å². The molecule has 5 heterocycles. The SMILES string of the molecule is CC(C)Oc1ccc(S(=O)(=O)N2C3CC2CN(c2ccc4nncn4n2)C3)cc1. The zero-order chi connectivity index (χ0) is 20.2. The smallest absolute Gasteiger partial charge is 0.243 e. The molecule has 29 heavy (non-hydrogen) atoms. The normalized spacial score (nSPS) is 22.1. The fourth-order valence-electron chi connectivity index (χ4n) is 4.13. The first-order valence-electron chi connectivity index (χ1n) is 9.64. The van der Waals surface area contributed by atoms with E-state index in [0.29, 0.717) is 29.4 Å². The number of benzene rings is 1. The van der Waals surface area contributed by atoms with Crippen LogP contribution in [0.4, 0.5) is 5.82 Å². The summed E-state index contributed by atoms with van der Waals surface area (Å²) < 4.78 is 35.2. The summed E-state index contributed by atoms with van der Waals surface area (Å²) in [5, 5.41) is 12.3. The van der Waals surface area contributed by atoms with Gasteiger partial charge in [0.1, 0.15) is 17.9 Å². The van der Waals surface area contributed by atoms with Gasteiger partial charge in [-0.2, -0.15) is 8.82 Å². The largest absolute Gasteiger partial charge is 0.491 e. The summed E-state index contributed by atoms with van der Waals surface area (Å²) in [5.74, 6) is 1.48. The summed E-state index contributed by atoms with van der Waals surface area (Å²) in [4.78, 5) is 2.44. The van der Waals surface area contributed by atoms with E-state index in [1.165, 1.54) is 0 Å². The van der Waals surface area contributed by atoms with Crippen molar-refractivity contribution >= 4 is 21.5 Å². The molecule has 2 aromatic heterocycles. The third-order valence-corrected chi connectivity index (χ3v) is 7.39. The minimum Gasteiger partial charge on any atom is -0.491 e. The molecule has 2 unspecified atom stereocenters. The van der Waals surface area contributed by atoms with Gasteiger partial charge in [0.25, 0.3) is 0 Å². The highest BCUT2D eigenvalue weighted by Gasteiger charge is 2.51. The van der Waals surface area contributed by atoms with Gasteiger partial charge in [-0.3, -0.25) is 0 Å². The lowest BCUT2D eigenvalue weighted by molar-refractivity contribution is 0.0873. The maximum atomic E-state index is 13.2. The van der Waals surface area contributed by atoms with Crippen LogP contribution in [0.25, 0.3) is 5.65 Å². The van der Waals surface area contributed by atoms with E-state index < -0.39 is 10.0 Å². The maximum Gasteiger partial charge on any atom is 0.243 e. The Morgan fingerprint density at radius 3 is 2.48 bits per heavy atom. The second-order valence-electron chi connectivity index (χ2n) is 7.75. The Labute approximate surface area is 169 Å². The lowest BCUT2D eigenvalue weighted by Crippen LogP contribution is -2.70. The first kappa shape index (κ1) is 18.3. The highest BCUT2D eigenvalue weighted by Crippen LogP contribution is 2.38. The van der Waals surface area contributed by atoms with Crippen LogP contribution in [0.1, 0.15) is 20.3 Å². The van der Waals surface area contributed by atoms with Crippen LogP contribution in [0.5, 0.6) is 5.75 Å². The van der Waals surface area contributed by atoms with E-state index in [9.17, 15) is 8.42 Å². The minimum atomic E-state index is -3.53. The number of sulfonamides is 1. The molecule has 0 aliphatic carbocycles. The van der Waals surface area contributed by atoms with E-state index in [-0.39, 0.29) is 18.2 Å². The molecule has 9 nitrogen and oxygen atoms in total. The molecule has 2 atom stereocenters. The van der Waals surface area contributed by atoms with Gasteiger partial charge in [-0.15, -0.1) is 15.3 Å². The van der Waals surface area contributed by atoms with E-state index in [4.69, 9.17) is 4.74 Å². The second kappa shape index (κ2) is 6.67. The zero-order valence-electron chi connectivity index (χ0n) is 16.2.